The highest BCUT2D eigenvalue weighted by Gasteiger charge is 2.35. The Morgan fingerprint density at radius 1 is 1.14 bits per heavy atom. The molecule has 0 bridgehead atoms. The lowest BCUT2D eigenvalue weighted by Gasteiger charge is -2.26. The van der Waals surface area contributed by atoms with Crippen LogP contribution in [0.5, 0.6) is 0 Å². The number of carbonyl (C=O) groups excluding carboxylic acids is 2. The van der Waals surface area contributed by atoms with Crippen molar-refractivity contribution in [2.45, 2.75) is 26.7 Å². The number of anilines is 1. The quantitative estimate of drug-likeness (QED) is 0.661. The van der Waals surface area contributed by atoms with E-state index in [0.29, 0.717) is 24.1 Å². The molecule has 116 valence electrons. The molecular formula is C17H19NO4. The topological polar surface area (TPSA) is 83.5 Å². The number of Topliss-reactive ketones (excluding diaryl/α,β-unsaturated/α-hetero) is 1. The van der Waals surface area contributed by atoms with Crippen LogP contribution in [0.3, 0.4) is 0 Å². The van der Waals surface area contributed by atoms with E-state index in [2.05, 4.69) is 5.32 Å². The minimum absolute atomic E-state index is 0.0447. The summed E-state index contributed by atoms with van der Waals surface area (Å²) in [5, 5.41) is 12.0. The van der Waals surface area contributed by atoms with Crippen molar-refractivity contribution >= 4 is 23.3 Å². The molecule has 2 atom stereocenters. The Balaban J connectivity index is 2.10. The summed E-state index contributed by atoms with van der Waals surface area (Å²) in [4.78, 5) is 34.9. The zero-order valence-electron chi connectivity index (χ0n) is 12.6. The molecule has 2 rings (SSSR count). The van der Waals surface area contributed by atoms with Gasteiger partial charge in [0.1, 0.15) is 0 Å². The third-order valence-electron chi connectivity index (χ3n) is 3.96. The van der Waals surface area contributed by atoms with Crippen LogP contribution in [0, 0.1) is 11.8 Å². The standard InChI is InChI=1S/C17H19NO4/c1-10-3-8-14(15(9-10)17(21)22)16(20)18-13-6-4-12(5-7-13)11(2)19/h3-7,14-15H,8-9H2,1-2H3,(H,18,20)(H,21,22)/t14-,15-/m1/s1. The molecule has 0 saturated heterocycles. The van der Waals surface area contributed by atoms with Gasteiger partial charge >= 0.3 is 5.97 Å². The number of carboxylic acid groups (broad SMARTS) is 1. The Morgan fingerprint density at radius 3 is 2.32 bits per heavy atom. The summed E-state index contributed by atoms with van der Waals surface area (Å²) in [5.41, 5.74) is 2.13. The van der Waals surface area contributed by atoms with Gasteiger partial charge in [-0.1, -0.05) is 11.6 Å². The number of hydrogen-bond acceptors (Lipinski definition) is 3. The number of aliphatic carboxylic acids is 1. The summed E-state index contributed by atoms with van der Waals surface area (Å²) in [6.07, 6.45) is 2.75. The number of hydrogen-bond donors (Lipinski definition) is 2. The van der Waals surface area contributed by atoms with Crippen LogP contribution in [0.4, 0.5) is 5.69 Å². The minimum atomic E-state index is -0.945. The predicted molar refractivity (Wildman–Crippen MR) is 82.7 cm³/mol. The fraction of sp³-hybridized carbons (Fsp3) is 0.353. The van der Waals surface area contributed by atoms with E-state index in [1.54, 1.807) is 24.3 Å². The van der Waals surface area contributed by atoms with Crippen LogP contribution in [0.2, 0.25) is 0 Å². The molecule has 1 aliphatic rings. The van der Waals surface area contributed by atoms with Crippen LogP contribution in [-0.2, 0) is 9.59 Å². The van der Waals surface area contributed by atoms with Crippen LogP contribution < -0.4 is 5.32 Å². The van der Waals surface area contributed by atoms with Crippen molar-refractivity contribution in [1.82, 2.24) is 0 Å². The van der Waals surface area contributed by atoms with Gasteiger partial charge < -0.3 is 10.4 Å². The van der Waals surface area contributed by atoms with E-state index in [1.165, 1.54) is 6.92 Å². The third kappa shape index (κ3) is 3.61. The summed E-state index contributed by atoms with van der Waals surface area (Å²) >= 11 is 0. The molecule has 1 aromatic rings. The normalized spacial score (nSPS) is 20.9. The lowest BCUT2D eigenvalue weighted by atomic mass is 9.79. The Kier molecular flexibility index (Phi) is 4.75. The number of carboxylic acids is 1. The number of rotatable bonds is 4. The second kappa shape index (κ2) is 6.56. The van der Waals surface area contributed by atoms with E-state index >= 15 is 0 Å². The fourth-order valence-corrected chi connectivity index (χ4v) is 2.64. The second-order valence-electron chi connectivity index (χ2n) is 5.66. The van der Waals surface area contributed by atoms with Gasteiger partial charge in [-0.05, 0) is 51.0 Å². The Morgan fingerprint density at radius 2 is 1.77 bits per heavy atom. The number of allylic oxidation sites excluding steroid dienone is 2. The number of ketones is 1. The summed E-state index contributed by atoms with van der Waals surface area (Å²) in [7, 11) is 0. The van der Waals surface area contributed by atoms with Gasteiger partial charge in [0.05, 0.1) is 11.8 Å². The van der Waals surface area contributed by atoms with Crippen molar-refractivity contribution in [2.75, 3.05) is 5.32 Å². The molecule has 0 radical (unpaired) electrons. The van der Waals surface area contributed by atoms with E-state index in [4.69, 9.17) is 0 Å². The van der Waals surface area contributed by atoms with Crippen molar-refractivity contribution < 1.29 is 19.5 Å². The average Bonchev–Trinajstić information content (AvgIpc) is 2.47. The van der Waals surface area contributed by atoms with Crippen LogP contribution in [0.1, 0.15) is 37.0 Å². The molecule has 0 aromatic heterocycles. The largest absolute Gasteiger partial charge is 0.481 e. The van der Waals surface area contributed by atoms with E-state index in [9.17, 15) is 19.5 Å². The first kappa shape index (κ1) is 15.9. The van der Waals surface area contributed by atoms with Gasteiger partial charge in [0.2, 0.25) is 5.91 Å². The molecule has 22 heavy (non-hydrogen) atoms. The molecule has 0 saturated carbocycles. The Bertz CT molecular complexity index is 631. The molecule has 1 aromatic carbocycles. The zero-order valence-corrected chi connectivity index (χ0v) is 12.6. The SMILES string of the molecule is CC(=O)c1ccc(NC(=O)[C@@H]2CC=C(C)C[C@H]2C(=O)O)cc1. The van der Waals surface area contributed by atoms with Gasteiger partial charge in [-0.15, -0.1) is 0 Å². The maximum atomic E-state index is 12.3. The molecule has 0 unspecified atom stereocenters. The molecule has 5 heteroatoms. The lowest BCUT2D eigenvalue weighted by Crippen LogP contribution is -2.35. The number of carbonyl (C=O) groups is 3. The zero-order chi connectivity index (χ0) is 16.3. The van der Waals surface area contributed by atoms with E-state index in [-0.39, 0.29) is 11.7 Å². The van der Waals surface area contributed by atoms with Crippen LogP contribution in [0.25, 0.3) is 0 Å². The third-order valence-corrected chi connectivity index (χ3v) is 3.96. The Hall–Kier alpha value is -2.43. The van der Waals surface area contributed by atoms with Gasteiger partial charge in [-0.3, -0.25) is 14.4 Å². The number of benzene rings is 1. The summed E-state index contributed by atoms with van der Waals surface area (Å²) in [6.45, 7) is 3.35. The van der Waals surface area contributed by atoms with Crippen molar-refractivity contribution in [3.8, 4) is 0 Å². The fourth-order valence-electron chi connectivity index (χ4n) is 2.64. The van der Waals surface area contributed by atoms with E-state index in [0.717, 1.165) is 5.57 Å². The molecule has 0 fully saturated rings. The molecule has 5 nitrogen and oxygen atoms in total. The molecule has 0 heterocycles. The van der Waals surface area contributed by atoms with E-state index < -0.39 is 17.8 Å². The molecule has 1 amide bonds. The highest BCUT2D eigenvalue weighted by Crippen LogP contribution is 2.30. The predicted octanol–water partition coefficient (Wildman–Crippen LogP) is 2.88. The second-order valence-corrected chi connectivity index (χ2v) is 5.66. The number of amides is 1. The molecular weight excluding hydrogens is 282 g/mol. The van der Waals surface area contributed by atoms with Crippen LogP contribution >= 0.6 is 0 Å². The van der Waals surface area contributed by atoms with Gasteiger partial charge in [-0.25, -0.2) is 0 Å². The molecule has 0 spiro atoms. The summed E-state index contributed by atoms with van der Waals surface area (Å²) < 4.78 is 0. The monoisotopic (exact) mass is 301 g/mol. The van der Waals surface area contributed by atoms with Crippen LogP contribution in [0.15, 0.2) is 35.9 Å². The van der Waals surface area contributed by atoms with Gasteiger partial charge in [-0.2, -0.15) is 0 Å². The highest BCUT2D eigenvalue weighted by molar-refractivity contribution is 5.97. The van der Waals surface area contributed by atoms with Crippen molar-refractivity contribution in [1.29, 1.82) is 0 Å². The maximum absolute atomic E-state index is 12.3. The highest BCUT2D eigenvalue weighted by atomic mass is 16.4. The van der Waals surface area contributed by atoms with Gasteiger partial charge in [0, 0.05) is 11.3 Å². The first-order chi connectivity index (χ1) is 10.4. The van der Waals surface area contributed by atoms with E-state index in [1.807, 2.05) is 13.0 Å². The Labute approximate surface area is 129 Å². The minimum Gasteiger partial charge on any atom is -0.481 e. The van der Waals surface area contributed by atoms with Crippen molar-refractivity contribution in [2.24, 2.45) is 11.8 Å². The smallest absolute Gasteiger partial charge is 0.307 e. The average molecular weight is 301 g/mol. The first-order valence-electron chi connectivity index (χ1n) is 7.19. The summed E-state index contributed by atoms with van der Waals surface area (Å²) in [6, 6.07) is 6.57. The maximum Gasteiger partial charge on any atom is 0.307 e. The summed E-state index contributed by atoms with van der Waals surface area (Å²) in [5.74, 6) is -2.56. The lowest BCUT2D eigenvalue weighted by molar-refractivity contribution is -0.146. The van der Waals surface area contributed by atoms with Crippen molar-refractivity contribution in [3.63, 3.8) is 0 Å². The van der Waals surface area contributed by atoms with Gasteiger partial charge in [0.25, 0.3) is 0 Å². The van der Waals surface area contributed by atoms with Crippen LogP contribution in [-0.4, -0.2) is 22.8 Å². The molecule has 1 aliphatic carbocycles. The molecule has 0 aliphatic heterocycles. The molecule has 2 N–H and O–H groups in total. The van der Waals surface area contributed by atoms with Gasteiger partial charge in [0.15, 0.2) is 5.78 Å². The number of nitrogens with one attached hydrogen (secondary N) is 1. The van der Waals surface area contributed by atoms with Crippen molar-refractivity contribution in [3.05, 3.63) is 41.5 Å². The first-order valence-corrected chi connectivity index (χ1v) is 7.19.